The van der Waals surface area contributed by atoms with Crippen LogP contribution in [0.5, 0.6) is 5.75 Å². The molecular weight excluding hydrogens is 402 g/mol. The third-order valence-electron chi connectivity index (χ3n) is 4.80. The van der Waals surface area contributed by atoms with Crippen molar-refractivity contribution in [2.24, 2.45) is 4.99 Å². The summed E-state index contributed by atoms with van der Waals surface area (Å²) in [7, 11) is 1.60. The van der Waals surface area contributed by atoms with Gasteiger partial charge in [0.1, 0.15) is 5.75 Å². The monoisotopic (exact) mass is 421 g/mol. The third-order valence-corrected chi connectivity index (χ3v) is 5.84. The van der Waals surface area contributed by atoms with Crippen molar-refractivity contribution in [2.75, 3.05) is 12.0 Å². The normalized spacial score (nSPS) is 14.6. The van der Waals surface area contributed by atoms with Crippen molar-refractivity contribution < 1.29 is 19.1 Å². The largest absolute Gasteiger partial charge is 0.497 e. The maximum atomic E-state index is 12.9. The van der Waals surface area contributed by atoms with Gasteiger partial charge in [-0.2, -0.15) is 4.99 Å². The van der Waals surface area contributed by atoms with Crippen molar-refractivity contribution in [3.63, 3.8) is 0 Å². The number of aromatic nitrogens is 1. The molecule has 1 saturated heterocycles. The highest BCUT2D eigenvalue weighted by Gasteiger charge is 2.30. The van der Waals surface area contributed by atoms with Crippen molar-refractivity contribution in [3.8, 4) is 5.75 Å². The van der Waals surface area contributed by atoms with E-state index in [4.69, 9.17) is 4.74 Å². The number of methoxy groups -OCH3 is 1. The van der Waals surface area contributed by atoms with Crippen molar-refractivity contribution in [1.29, 1.82) is 0 Å². The minimum absolute atomic E-state index is 0.189. The van der Waals surface area contributed by atoms with E-state index in [1.54, 1.807) is 31.4 Å². The number of anilines is 1. The fourth-order valence-electron chi connectivity index (χ4n) is 3.37. The second-order valence-corrected chi connectivity index (χ2v) is 7.72. The maximum Gasteiger partial charge on any atom is 0.279 e. The van der Waals surface area contributed by atoms with Crippen LogP contribution >= 0.6 is 11.3 Å². The molecule has 7 nitrogen and oxygen atoms in total. The minimum atomic E-state index is -0.452. The van der Waals surface area contributed by atoms with E-state index in [0.717, 1.165) is 20.9 Å². The van der Waals surface area contributed by atoms with Gasteiger partial charge in [-0.3, -0.25) is 19.3 Å². The van der Waals surface area contributed by atoms with E-state index in [1.165, 1.54) is 17.4 Å². The van der Waals surface area contributed by atoms with E-state index in [1.807, 2.05) is 22.8 Å². The van der Waals surface area contributed by atoms with Crippen LogP contribution in [0.2, 0.25) is 0 Å². The number of allylic oxidation sites excluding steroid dienone is 1. The van der Waals surface area contributed by atoms with Crippen LogP contribution in [0.25, 0.3) is 10.2 Å². The number of thiazole rings is 1. The lowest BCUT2D eigenvalue weighted by molar-refractivity contribution is -0.121. The Bertz CT molecular complexity index is 1240. The highest BCUT2D eigenvalue weighted by atomic mass is 32.1. The van der Waals surface area contributed by atoms with Crippen molar-refractivity contribution >= 4 is 45.0 Å². The molecule has 152 valence electrons. The lowest BCUT2D eigenvalue weighted by Gasteiger charge is -2.14. The van der Waals surface area contributed by atoms with Crippen LogP contribution < -0.4 is 14.4 Å². The average Bonchev–Trinajstić information content (AvgIpc) is 3.26. The molecule has 0 saturated carbocycles. The summed E-state index contributed by atoms with van der Waals surface area (Å²) in [5, 5.41) is 0. The van der Waals surface area contributed by atoms with Gasteiger partial charge in [0.15, 0.2) is 4.80 Å². The van der Waals surface area contributed by atoms with Gasteiger partial charge in [-0.15, -0.1) is 6.58 Å². The topological polar surface area (TPSA) is 81.0 Å². The molecule has 0 spiro atoms. The second-order valence-electron chi connectivity index (χ2n) is 6.71. The minimum Gasteiger partial charge on any atom is -0.497 e. The standard InChI is InChI=1S/C22H19N3O4S/c1-3-11-24-17-8-7-16(29-2)13-18(17)30-22(24)23-21(28)14-5-4-6-15(12-14)25-19(26)9-10-20(25)27/h3-8,12-13H,1,9-11H2,2H3. The molecule has 8 heteroatoms. The predicted molar refractivity (Wildman–Crippen MR) is 115 cm³/mol. The van der Waals surface area contributed by atoms with Crippen molar-refractivity contribution in [1.82, 2.24) is 4.57 Å². The fraction of sp³-hybridized carbons (Fsp3) is 0.182. The summed E-state index contributed by atoms with van der Waals surface area (Å²) in [4.78, 5) is 42.9. The quantitative estimate of drug-likeness (QED) is 0.468. The first kappa shape index (κ1) is 19.8. The lowest BCUT2D eigenvalue weighted by atomic mass is 10.2. The first-order valence-corrected chi connectivity index (χ1v) is 10.2. The van der Waals surface area contributed by atoms with E-state index >= 15 is 0 Å². The molecule has 0 aliphatic carbocycles. The Morgan fingerprint density at radius 3 is 2.67 bits per heavy atom. The van der Waals surface area contributed by atoms with Crippen LogP contribution in [-0.2, 0) is 16.1 Å². The third kappa shape index (κ3) is 3.57. The van der Waals surface area contributed by atoms with Crippen molar-refractivity contribution in [3.05, 3.63) is 65.5 Å². The summed E-state index contributed by atoms with van der Waals surface area (Å²) in [6.07, 6.45) is 2.12. The molecule has 2 heterocycles. The van der Waals surface area contributed by atoms with Crippen molar-refractivity contribution in [2.45, 2.75) is 19.4 Å². The van der Waals surface area contributed by atoms with Gasteiger partial charge in [0.2, 0.25) is 11.8 Å². The lowest BCUT2D eigenvalue weighted by Crippen LogP contribution is -2.28. The molecule has 1 aromatic heterocycles. The molecule has 1 aliphatic heterocycles. The summed E-state index contributed by atoms with van der Waals surface area (Å²) in [6.45, 7) is 4.28. The summed E-state index contributed by atoms with van der Waals surface area (Å²) >= 11 is 1.38. The van der Waals surface area contributed by atoms with E-state index in [2.05, 4.69) is 11.6 Å². The first-order chi connectivity index (χ1) is 14.5. The number of imide groups is 1. The summed E-state index contributed by atoms with van der Waals surface area (Å²) < 4.78 is 8.12. The SMILES string of the molecule is C=CCn1c(=NC(=O)c2cccc(N3C(=O)CCC3=O)c2)sc2cc(OC)ccc21. The smallest absolute Gasteiger partial charge is 0.279 e. The number of hydrogen-bond donors (Lipinski definition) is 0. The van der Waals surface area contributed by atoms with Gasteiger partial charge in [-0.25, -0.2) is 0 Å². The number of carbonyl (C=O) groups is 3. The molecule has 1 aliphatic rings. The van der Waals surface area contributed by atoms with E-state index < -0.39 is 5.91 Å². The number of amides is 3. The van der Waals surface area contributed by atoms with Crippen LogP contribution in [0.1, 0.15) is 23.2 Å². The van der Waals surface area contributed by atoms with E-state index in [0.29, 0.717) is 22.6 Å². The Kier molecular flexibility index (Phi) is 5.33. The second kappa shape index (κ2) is 8.08. The molecule has 3 aromatic rings. The molecular formula is C22H19N3O4S. The Morgan fingerprint density at radius 1 is 1.20 bits per heavy atom. The molecule has 4 rings (SSSR count). The van der Waals surface area contributed by atoms with Gasteiger partial charge < -0.3 is 9.30 Å². The number of rotatable bonds is 5. The zero-order valence-corrected chi connectivity index (χ0v) is 17.1. The molecule has 0 radical (unpaired) electrons. The Labute approximate surface area is 176 Å². The molecule has 0 N–H and O–H groups in total. The molecule has 30 heavy (non-hydrogen) atoms. The zero-order valence-electron chi connectivity index (χ0n) is 16.3. The summed E-state index contributed by atoms with van der Waals surface area (Å²) in [5.41, 5.74) is 1.62. The van der Waals surface area contributed by atoms with Crippen LogP contribution in [0, 0.1) is 0 Å². The Hall–Kier alpha value is -3.52. The highest BCUT2D eigenvalue weighted by molar-refractivity contribution is 7.16. The predicted octanol–water partition coefficient (Wildman–Crippen LogP) is 3.29. The van der Waals surface area contributed by atoms with Gasteiger partial charge in [0.25, 0.3) is 5.91 Å². The Balaban J connectivity index is 1.76. The number of benzene rings is 2. The van der Waals surface area contributed by atoms with Gasteiger partial charge >= 0.3 is 0 Å². The van der Waals surface area contributed by atoms with Crippen LogP contribution in [-0.4, -0.2) is 29.4 Å². The van der Waals surface area contributed by atoms with Gasteiger partial charge in [0.05, 0.1) is 23.0 Å². The van der Waals surface area contributed by atoms with Crippen LogP contribution in [0.15, 0.2) is 60.1 Å². The Morgan fingerprint density at radius 2 is 1.97 bits per heavy atom. The highest BCUT2D eigenvalue weighted by Crippen LogP contribution is 2.25. The molecule has 1 fully saturated rings. The number of fused-ring (bicyclic) bond motifs is 1. The molecule has 0 bridgehead atoms. The zero-order chi connectivity index (χ0) is 21.3. The summed E-state index contributed by atoms with van der Waals surface area (Å²) in [5.74, 6) is -0.250. The van der Waals surface area contributed by atoms with Gasteiger partial charge in [-0.1, -0.05) is 23.5 Å². The summed E-state index contributed by atoms with van der Waals surface area (Å²) in [6, 6.07) is 12.1. The number of carbonyl (C=O) groups excluding carboxylic acids is 3. The number of ether oxygens (including phenoxy) is 1. The molecule has 0 atom stereocenters. The van der Waals surface area contributed by atoms with Gasteiger partial charge in [-0.05, 0) is 36.4 Å². The van der Waals surface area contributed by atoms with E-state index in [9.17, 15) is 14.4 Å². The molecule has 2 aromatic carbocycles. The number of nitrogens with zero attached hydrogens (tertiary/aromatic N) is 3. The fourth-order valence-corrected chi connectivity index (χ4v) is 4.43. The number of hydrogen-bond acceptors (Lipinski definition) is 5. The molecule has 3 amide bonds. The van der Waals surface area contributed by atoms with Crippen LogP contribution in [0.3, 0.4) is 0 Å². The van der Waals surface area contributed by atoms with Crippen LogP contribution in [0.4, 0.5) is 5.69 Å². The molecule has 0 unspecified atom stereocenters. The van der Waals surface area contributed by atoms with E-state index in [-0.39, 0.29) is 24.7 Å². The first-order valence-electron chi connectivity index (χ1n) is 9.35. The maximum absolute atomic E-state index is 12.9. The average molecular weight is 421 g/mol. The van der Waals surface area contributed by atoms with Gasteiger partial charge in [0, 0.05) is 24.9 Å².